The fourth-order valence-electron chi connectivity index (χ4n) is 16.9. The molecule has 5 saturated carbocycles. The summed E-state index contributed by atoms with van der Waals surface area (Å²) in [6.45, 7) is 22.3. The minimum atomic E-state index is -1.94. The number of phenols is 5. The fraction of sp³-hybridized carbons (Fsp3) is 0.500. The van der Waals surface area contributed by atoms with E-state index in [9.17, 15) is 60.3 Å². The molecular formula is C66H78O17. The lowest BCUT2D eigenvalue weighted by atomic mass is 9.32. The van der Waals surface area contributed by atoms with Gasteiger partial charge in [0.25, 0.3) is 0 Å². The summed E-state index contributed by atoms with van der Waals surface area (Å²) in [6.07, 6.45) is 3.80. The Labute approximate surface area is 481 Å². The first kappa shape index (κ1) is 59.3. The smallest absolute Gasteiger partial charge is 0.335 e. The highest BCUT2D eigenvalue weighted by atomic mass is 16.7. The summed E-state index contributed by atoms with van der Waals surface area (Å²) < 4.78 is 21.5. The highest BCUT2D eigenvalue weighted by Crippen LogP contribution is 2.77. The Morgan fingerprint density at radius 3 is 1.73 bits per heavy atom. The molecule has 15 atom stereocenters. The van der Waals surface area contributed by atoms with Gasteiger partial charge < -0.3 is 69.4 Å². The zero-order valence-electron chi connectivity index (χ0n) is 48.0. The molecule has 444 valence electrons. The lowest BCUT2D eigenvalue weighted by Gasteiger charge is -2.73. The maximum Gasteiger partial charge on any atom is 0.335 e. The molecular weight excluding hydrogens is 1060 g/mol. The van der Waals surface area contributed by atoms with Crippen molar-refractivity contribution in [1.82, 2.24) is 0 Å². The second-order valence-corrected chi connectivity index (χ2v) is 26.2. The minimum Gasteiger partial charge on any atom is -0.504 e. The van der Waals surface area contributed by atoms with Crippen molar-refractivity contribution in [3.63, 3.8) is 0 Å². The van der Waals surface area contributed by atoms with Crippen LogP contribution >= 0.6 is 0 Å². The first-order valence-corrected chi connectivity index (χ1v) is 28.9. The van der Waals surface area contributed by atoms with Crippen LogP contribution in [0.2, 0.25) is 0 Å². The zero-order valence-corrected chi connectivity index (χ0v) is 48.0. The van der Waals surface area contributed by atoms with Crippen LogP contribution in [0.4, 0.5) is 0 Å². The van der Waals surface area contributed by atoms with Gasteiger partial charge in [-0.25, -0.2) is 4.79 Å². The molecule has 0 bridgehead atoms. The van der Waals surface area contributed by atoms with E-state index in [2.05, 4.69) is 55.0 Å². The number of fused-ring (bicyclic) bond motifs is 9. The largest absolute Gasteiger partial charge is 0.504 e. The quantitative estimate of drug-likeness (QED) is 0.0548. The van der Waals surface area contributed by atoms with E-state index in [0.29, 0.717) is 44.5 Å². The summed E-state index contributed by atoms with van der Waals surface area (Å²) >= 11 is 0. The maximum atomic E-state index is 12.5. The number of aromatic hydroxyl groups is 5. The van der Waals surface area contributed by atoms with Gasteiger partial charge in [-0.2, -0.15) is 0 Å². The molecule has 10 N–H and O–H groups in total. The Bertz CT molecular complexity index is 3580. The van der Waals surface area contributed by atoms with Crippen molar-refractivity contribution in [3.05, 3.63) is 118 Å². The van der Waals surface area contributed by atoms with Gasteiger partial charge in [0, 0.05) is 35.4 Å². The van der Waals surface area contributed by atoms with Gasteiger partial charge in [0.2, 0.25) is 17.8 Å². The van der Waals surface area contributed by atoms with Crippen LogP contribution in [-0.2, 0) is 9.53 Å². The van der Waals surface area contributed by atoms with Gasteiger partial charge >= 0.3 is 5.97 Å². The second kappa shape index (κ2) is 21.6. The summed E-state index contributed by atoms with van der Waals surface area (Å²) in [5, 5.41) is 98.6. The number of aliphatic carboxylic acids is 1. The molecule has 0 radical (unpaired) electrons. The molecule has 6 aromatic rings. The van der Waals surface area contributed by atoms with Crippen LogP contribution in [-0.4, -0.2) is 93.8 Å². The second-order valence-electron chi connectivity index (χ2n) is 26.2. The summed E-state index contributed by atoms with van der Waals surface area (Å²) in [5.41, 5.74) is 3.32. The molecule has 6 aliphatic rings. The number of allylic oxidation sites excluding steroid dienone is 1. The van der Waals surface area contributed by atoms with Crippen molar-refractivity contribution < 1.29 is 74.2 Å². The summed E-state index contributed by atoms with van der Waals surface area (Å²) in [4.78, 5) is 35.8. The van der Waals surface area contributed by atoms with Crippen molar-refractivity contribution in [1.29, 1.82) is 0 Å². The summed E-state index contributed by atoms with van der Waals surface area (Å²) in [7, 11) is 0. The number of aliphatic hydroxyl groups is 4. The molecule has 1 aliphatic heterocycles. The zero-order chi connectivity index (χ0) is 60.0. The standard InChI is InChI=1S/C30H50O.C21H18O11.C15H10O5/c1-19(2)20-11-14-27(5)17-18-29(7)21(25(20)27)9-10-23-28(6)15-13-24(31)26(3,4)22(28)12-16-30(23,29)8;22-9-6-10(8-4-2-1-3-5-8)30-11-7-12(14(23)15(24)13(9)11)31-21-18(27)16(25)17(26)19(32-21)20(28)29;16-9-6-11(8-4-2-1-3-5-8)20-12-7-10(17)14(18)15(19)13(9)12/h20-25,31H,1,9-18H2,2-8H3;1-7,16-19,21,23-27H,(H,28,29);1-7,17-19H/t20-,21+,22-,23+,24-,25+,27+,28-,29+,30+;16-,17-,18+,19-,21-;/m00./s1. The van der Waals surface area contributed by atoms with E-state index in [0.717, 1.165) is 48.3 Å². The molecule has 0 amide bonds. The summed E-state index contributed by atoms with van der Waals surface area (Å²) in [6, 6.07) is 22.1. The van der Waals surface area contributed by atoms with Crippen molar-refractivity contribution in [3.8, 4) is 57.1 Å². The van der Waals surface area contributed by atoms with Crippen LogP contribution in [0.3, 0.4) is 0 Å². The van der Waals surface area contributed by atoms with E-state index in [1.54, 1.807) is 54.6 Å². The van der Waals surface area contributed by atoms with Gasteiger partial charge in [-0.1, -0.05) is 114 Å². The number of phenolic OH excluding ortho intramolecular Hbond substituents is 5. The van der Waals surface area contributed by atoms with Gasteiger partial charge in [-0.05, 0) is 128 Å². The third kappa shape index (κ3) is 9.83. The Morgan fingerprint density at radius 1 is 0.602 bits per heavy atom. The molecule has 4 aromatic carbocycles. The molecule has 5 aliphatic carbocycles. The van der Waals surface area contributed by atoms with Gasteiger partial charge in [0.1, 0.15) is 51.8 Å². The van der Waals surface area contributed by atoms with E-state index < -0.39 is 82.0 Å². The molecule has 2 aromatic heterocycles. The van der Waals surface area contributed by atoms with Crippen molar-refractivity contribution in [2.45, 2.75) is 149 Å². The SMILES string of the molecule is C=C(C)[C@@H]1CC[C@]2(C)CC[C@]3(C)[C@H](CC[C@@H]4[C@@]5(C)CC[C@H](O)C(C)(C)[C@@H]5CC[C@]43C)[C@@H]12.O=C(O)[C@H]1O[C@H](Oc2cc3oc(-c4ccccc4)cc(=O)c3c(O)c2O)[C@H](O)[C@@H](O)[C@@H]1O.O=c1cc(-c2ccccc2)oc2cc(O)c(O)c(O)c12. The lowest BCUT2D eigenvalue weighted by molar-refractivity contribution is -0.271. The number of carboxylic acid groups (broad SMARTS) is 1. The molecule has 12 rings (SSSR count). The van der Waals surface area contributed by atoms with E-state index in [1.807, 2.05) is 6.07 Å². The van der Waals surface area contributed by atoms with Gasteiger partial charge in [0.05, 0.1) is 6.10 Å². The number of benzene rings is 4. The number of carbonyl (C=O) groups is 1. The summed E-state index contributed by atoms with van der Waals surface area (Å²) in [5.74, 6) is -1.44. The number of hydrogen-bond donors (Lipinski definition) is 10. The number of aliphatic hydroxyl groups excluding tert-OH is 4. The Balaban J connectivity index is 0.000000143. The topological polar surface area (TPSA) is 298 Å². The van der Waals surface area contributed by atoms with E-state index in [-0.39, 0.29) is 39.2 Å². The number of carboxylic acids is 1. The molecule has 3 heterocycles. The van der Waals surface area contributed by atoms with Crippen LogP contribution in [0.15, 0.2) is 116 Å². The average molecular weight is 1140 g/mol. The van der Waals surface area contributed by atoms with Crippen LogP contribution in [0, 0.1) is 56.7 Å². The molecule has 83 heavy (non-hydrogen) atoms. The molecule has 17 nitrogen and oxygen atoms in total. The van der Waals surface area contributed by atoms with E-state index in [4.69, 9.17) is 23.4 Å². The van der Waals surface area contributed by atoms with Gasteiger partial charge in [-0.3, -0.25) is 9.59 Å². The Hall–Kier alpha value is -6.89. The van der Waals surface area contributed by atoms with Crippen LogP contribution < -0.4 is 15.6 Å². The van der Waals surface area contributed by atoms with Gasteiger partial charge in [-0.15, -0.1) is 0 Å². The van der Waals surface area contributed by atoms with Crippen molar-refractivity contribution in [2.75, 3.05) is 0 Å². The monoisotopic (exact) mass is 1140 g/mol. The van der Waals surface area contributed by atoms with Crippen LogP contribution in [0.1, 0.15) is 113 Å². The first-order chi connectivity index (χ1) is 39.1. The third-order valence-corrected chi connectivity index (χ3v) is 21.5. The molecule has 6 fully saturated rings. The van der Waals surface area contributed by atoms with Crippen molar-refractivity contribution in [2.24, 2.45) is 56.7 Å². The van der Waals surface area contributed by atoms with E-state index in [1.165, 1.54) is 69.4 Å². The molecule has 17 heteroatoms. The van der Waals surface area contributed by atoms with Crippen LogP contribution in [0.5, 0.6) is 34.5 Å². The average Bonchev–Trinajstić information content (AvgIpc) is 2.11. The maximum absolute atomic E-state index is 12.5. The van der Waals surface area contributed by atoms with Gasteiger partial charge in [0.15, 0.2) is 40.0 Å². The molecule has 0 unspecified atom stereocenters. The van der Waals surface area contributed by atoms with E-state index >= 15 is 0 Å². The molecule has 1 saturated heterocycles. The normalized spacial score (nSPS) is 34.1. The number of hydrogen-bond acceptors (Lipinski definition) is 16. The fourth-order valence-corrected chi connectivity index (χ4v) is 16.9. The highest BCUT2D eigenvalue weighted by Gasteiger charge is 2.70. The third-order valence-electron chi connectivity index (χ3n) is 21.5. The Kier molecular flexibility index (Phi) is 15.4. The number of rotatable bonds is 6. The minimum absolute atomic E-state index is 0.00385. The predicted molar refractivity (Wildman–Crippen MR) is 310 cm³/mol. The highest BCUT2D eigenvalue weighted by molar-refractivity contribution is 5.90. The predicted octanol–water partition coefficient (Wildman–Crippen LogP) is 10.7. The first-order valence-electron chi connectivity index (χ1n) is 28.9. The number of ether oxygens (including phenoxy) is 2. The molecule has 0 spiro atoms. The lowest BCUT2D eigenvalue weighted by Crippen LogP contribution is -2.66. The van der Waals surface area contributed by atoms with Crippen LogP contribution in [0.25, 0.3) is 44.6 Å². The Morgan fingerprint density at radius 2 is 1.17 bits per heavy atom. The van der Waals surface area contributed by atoms with Crippen molar-refractivity contribution >= 4 is 27.9 Å².